The lowest BCUT2D eigenvalue weighted by Crippen LogP contribution is -2.46. The first-order valence-corrected chi connectivity index (χ1v) is 4.67. The van der Waals surface area contributed by atoms with Crippen molar-refractivity contribution >= 4 is 0 Å². The van der Waals surface area contributed by atoms with Gasteiger partial charge in [0.2, 0.25) is 0 Å². The summed E-state index contributed by atoms with van der Waals surface area (Å²) in [5.74, 6) is 0.591. The molecule has 0 spiro atoms. The molecule has 64 valence electrons. The molecule has 1 N–H and O–H groups in total. The van der Waals surface area contributed by atoms with Gasteiger partial charge >= 0.3 is 0 Å². The maximum absolute atomic E-state index is 9.67. The molecule has 2 nitrogen and oxygen atoms in total. The lowest BCUT2D eigenvalue weighted by Gasteiger charge is -2.38. The van der Waals surface area contributed by atoms with E-state index < -0.39 is 0 Å². The number of hydrogen-bond donors (Lipinski definition) is 1. The number of likely N-dealkylation sites (tertiary alicyclic amines) is 1. The van der Waals surface area contributed by atoms with Crippen molar-refractivity contribution in [1.82, 2.24) is 4.90 Å². The predicted octanol–water partition coefficient (Wildman–Crippen LogP) is 0.851. The molecular formula is C9H17NO. The van der Waals surface area contributed by atoms with Gasteiger partial charge in [-0.2, -0.15) is 0 Å². The molecule has 0 aromatic rings. The lowest BCUT2D eigenvalue weighted by atomic mass is 9.90. The van der Waals surface area contributed by atoms with Crippen molar-refractivity contribution < 1.29 is 5.11 Å². The Morgan fingerprint density at radius 2 is 2.09 bits per heavy atom. The number of fused-ring (bicyclic) bond motifs is 1. The van der Waals surface area contributed by atoms with Crippen LogP contribution >= 0.6 is 0 Å². The number of aliphatic hydroxyl groups is 1. The van der Waals surface area contributed by atoms with Gasteiger partial charge in [0.05, 0.1) is 6.10 Å². The van der Waals surface area contributed by atoms with E-state index in [-0.39, 0.29) is 6.10 Å². The molecule has 2 rings (SSSR count). The fourth-order valence-corrected chi connectivity index (χ4v) is 2.68. The van der Waals surface area contributed by atoms with Gasteiger partial charge in [-0.25, -0.2) is 0 Å². The van der Waals surface area contributed by atoms with E-state index in [2.05, 4.69) is 11.9 Å². The van der Waals surface area contributed by atoms with Crippen LogP contribution in [0.4, 0.5) is 0 Å². The Hall–Kier alpha value is -0.0800. The van der Waals surface area contributed by atoms with E-state index >= 15 is 0 Å². The van der Waals surface area contributed by atoms with Crippen LogP contribution in [-0.2, 0) is 0 Å². The second kappa shape index (κ2) is 2.76. The molecule has 0 aromatic heterocycles. The second-order valence-corrected chi connectivity index (χ2v) is 4.00. The standard InChI is InChI=1S/C9H17NO/c1-10-6-5-9(11)7-3-2-4-8(7)10/h7-9,11H,2-6H2,1H3/t7-,8-,9+/m0/s1. The largest absolute Gasteiger partial charge is 0.393 e. The second-order valence-electron chi connectivity index (χ2n) is 4.00. The molecule has 0 amide bonds. The number of hydrogen-bond acceptors (Lipinski definition) is 2. The Kier molecular flexibility index (Phi) is 1.90. The van der Waals surface area contributed by atoms with Gasteiger partial charge in [-0.05, 0) is 26.3 Å². The minimum absolute atomic E-state index is 0.00120. The summed E-state index contributed by atoms with van der Waals surface area (Å²) in [6.45, 7) is 1.09. The topological polar surface area (TPSA) is 23.5 Å². The summed E-state index contributed by atoms with van der Waals surface area (Å²) in [6.07, 6.45) is 4.85. The third-order valence-electron chi connectivity index (χ3n) is 3.37. The van der Waals surface area contributed by atoms with Crippen molar-refractivity contribution in [3.8, 4) is 0 Å². The van der Waals surface area contributed by atoms with E-state index in [9.17, 15) is 5.11 Å². The molecule has 1 saturated heterocycles. The summed E-state index contributed by atoms with van der Waals surface area (Å²) in [5, 5.41) is 9.67. The summed E-state index contributed by atoms with van der Waals surface area (Å²) in [4.78, 5) is 2.42. The molecule has 1 aliphatic heterocycles. The van der Waals surface area contributed by atoms with Gasteiger partial charge < -0.3 is 10.0 Å². The molecule has 11 heavy (non-hydrogen) atoms. The van der Waals surface area contributed by atoms with Crippen LogP contribution in [0.1, 0.15) is 25.7 Å². The van der Waals surface area contributed by atoms with E-state index in [4.69, 9.17) is 0 Å². The molecule has 2 fully saturated rings. The number of rotatable bonds is 0. The van der Waals surface area contributed by atoms with Crippen LogP contribution in [0.3, 0.4) is 0 Å². The zero-order valence-corrected chi connectivity index (χ0v) is 7.16. The summed E-state index contributed by atoms with van der Waals surface area (Å²) >= 11 is 0. The van der Waals surface area contributed by atoms with E-state index in [1.165, 1.54) is 19.3 Å². The average molecular weight is 155 g/mol. The predicted molar refractivity (Wildman–Crippen MR) is 44.4 cm³/mol. The smallest absolute Gasteiger partial charge is 0.0595 e. The Morgan fingerprint density at radius 1 is 1.27 bits per heavy atom. The van der Waals surface area contributed by atoms with E-state index in [0.717, 1.165) is 13.0 Å². The maximum Gasteiger partial charge on any atom is 0.0595 e. The zero-order valence-electron chi connectivity index (χ0n) is 7.16. The molecule has 0 aromatic carbocycles. The van der Waals surface area contributed by atoms with Crippen molar-refractivity contribution in [3.63, 3.8) is 0 Å². The normalized spacial score (nSPS) is 45.8. The van der Waals surface area contributed by atoms with Gasteiger partial charge in [0.25, 0.3) is 0 Å². The van der Waals surface area contributed by atoms with Gasteiger partial charge in [-0.15, -0.1) is 0 Å². The van der Waals surface area contributed by atoms with Crippen LogP contribution in [0.5, 0.6) is 0 Å². The van der Waals surface area contributed by atoms with Crippen LogP contribution in [0.25, 0.3) is 0 Å². The van der Waals surface area contributed by atoms with Crippen molar-refractivity contribution in [3.05, 3.63) is 0 Å². The molecule has 0 unspecified atom stereocenters. The number of piperidine rings is 1. The van der Waals surface area contributed by atoms with Gasteiger partial charge in [0.1, 0.15) is 0 Å². The van der Waals surface area contributed by atoms with Crippen molar-refractivity contribution in [2.45, 2.75) is 37.8 Å². The quantitative estimate of drug-likeness (QED) is 0.560. The van der Waals surface area contributed by atoms with Gasteiger partial charge in [0, 0.05) is 18.5 Å². The zero-order chi connectivity index (χ0) is 7.84. The van der Waals surface area contributed by atoms with Gasteiger partial charge in [0.15, 0.2) is 0 Å². The Morgan fingerprint density at radius 3 is 2.82 bits per heavy atom. The summed E-state index contributed by atoms with van der Waals surface area (Å²) < 4.78 is 0. The van der Waals surface area contributed by atoms with E-state index in [1.54, 1.807) is 0 Å². The average Bonchev–Trinajstić information content (AvgIpc) is 2.45. The van der Waals surface area contributed by atoms with Crippen molar-refractivity contribution in [2.75, 3.05) is 13.6 Å². The highest BCUT2D eigenvalue weighted by Crippen LogP contribution is 2.35. The van der Waals surface area contributed by atoms with Crippen molar-refractivity contribution in [2.24, 2.45) is 5.92 Å². The van der Waals surface area contributed by atoms with Crippen LogP contribution < -0.4 is 0 Å². The molecule has 1 aliphatic carbocycles. The van der Waals surface area contributed by atoms with Crippen LogP contribution in [0, 0.1) is 5.92 Å². The molecule has 2 aliphatic rings. The minimum atomic E-state index is -0.00120. The molecule has 0 bridgehead atoms. The Bertz CT molecular complexity index is 132. The Balaban J connectivity index is 2.08. The van der Waals surface area contributed by atoms with Gasteiger partial charge in [-0.3, -0.25) is 0 Å². The number of nitrogens with zero attached hydrogens (tertiary/aromatic N) is 1. The van der Waals surface area contributed by atoms with E-state index in [1.807, 2.05) is 0 Å². The summed E-state index contributed by atoms with van der Waals surface area (Å²) in [5.41, 5.74) is 0. The third kappa shape index (κ3) is 1.18. The molecular weight excluding hydrogens is 138 g/mol. The summed E-state index contributed by atoms with van der Waals surface area (Å²) in [7, 11) is 2.19. The maximum atomic E-state index is 9.67. The molecule has 1 saturated carbocycles. The lowest BCUT2D eigenvalue weighted by molar-refractivity contribution is 0.00996. The molecule has 1 heterocycles. The Labute approximate surface area is 68.2 Å². The monoisotopic (exact) mass is 155 g/mol. The first-order chi connectivity index (χ1) is 5.29. The van der Waals surface area contributed by atoms with Crippen molar-refractivity contribution in [1.29, 1.82) is 0 Å². The van der Waals surface area contributed by atoms with Crippen LogP contribution in [0.2, 0.25) is 0 Å². The molecule has 3 atom stereocenters. The first kappa shape index (κ1) is 7.56. The first-order valence-electron chi connectivity index (χ1n) is 4.67. The van der Waals surface area contributed by atoms with Crippen LogP contribution in [-0.4, -0.2) is 35.7 Å². The van der Waals surface area contributed by atoms with E-state index in [0.29, 0.717) is 12.0 Å². The minimum Gasteiger partial charge on any atom is -0.393 e. The fourth-order valence-electron chi connectivity index (χ4n) is 2.68. The SMILES string of the molecule is CN1CC[C@@H](O)[C@H]2CCC[C@@H]21. The van der Waals surface area contributed by atoms with Crippen LogP contribution in [0.15, 0.2) is 0 Å². The fraction of sp³-hybridized carbons (Fsp3) is 1.00. The highest BCUT2D eigenvalue weighted by Gasteiger charge is 2.38. The molecule has 0 radical (unpaired) electrons. The number of aliphatic hydroxyl groups excluding tert-OH is 1. The highest BCUT2D eigenvalue weighted by atomic mass is 16.3. The summed E-state index contributed by atoms with van der Waals surface area (Å²) in [6, 6.07) is 0.693. The molecule has 2 heteroatoms. The highest BCUT2D eigenvalue weighted by molar-refractivity contribution is 4.92. The van der Waals surface area contributed by atoms with Gasteiger partial charge in [-0.1, -0.05) is 6.42 Å². The third-order valence-corrected chi connectivity index (χ3v) is 3.37.